The van der Waals surface area contributed by atoms with Crippen LogP contribution in [0.25, 0.3) is 5.65 Å². The molecule has 1 aliphatic rings. The van der Waals surface area contributed by atoms with Crippen molar-refractivity contribution in [3.05, 3.63) is 28.7 Å². The van der Waals surface area contributed by atoms with Gasteiger partial charge in [0.1, 0.15) is 5.15 Å². The van der Waals surface area contributed by atoms with Gasteiger partial charge in [0.05, 0.1) is 11.8 Å². The number of halogens is 1. The van der Waals surface area contributed by atoms with Crippen LogP contribution >= 0.6 is 11.6 Å². The number of ether oxygens (including phenoxy) is 2. The molecule has 20 heavy (non-hydrogen) atoms. The maximum Gasteiger partial charge on any atom is 0.195 e. The molecule has 0 unspecified atom stereocenters. The van der Waals surface area contributed by atoms with Crippen molar-refractivity contribution in [2.45, 2.75) is 46.7 Å². The number of hydrogen-bond acceptors (Lipinski definition) is 4. The van der Waals surface area contributed by atoms with Crippen molar-refractivity contribution < 1.29 is 9.47 Å². The highest BCUT2D eigenvalue weighted by Crippen LogP contribution is 2.34. The molecule has 1 aliphatic heterocycles. The summed E-state index contributed by atoms with van der Waals surface area (Å²) in [5.74, 6) is 0. The van der Waals surface area contributed by atoms with E-state index in [2.05, 4.69) is 30.9 Å². The minimum absolute atomic E-state index is 0.146. The van der Waals surface area contributed by atoms with E-state index in [4.69, 9.17) is 21.1 Å². The van der Waals surface area contributed by atoms with Crippen LogP contribution in [0.5, 0.6) is 0 Å². The van der Waals surface area contributed by atoms with E-state index in [0.717, 1.165) is 17.7 Å². The Balaban J connectivity index is 2.02. The van der Waals surface area contributed by atoms with E-state index in [1.165, 1.54) is 0 Å². The molecule has 2 aromatic heterocycles. The third kappa shape index (κ3) is 2.53. The minimum atomic E-state index is -0.393. The minimum Gasteiger partial charge on any atom is -0.319 e. The molecule has 5 nitrogen and oxygen atoms in total. The Labute approximate surface area is 122 Å². The summed E-state index contributed by atoms with van der Waals surface area (Å²) in [6, 6.07) is 1.86. The second-order valence-corrected chi connectivity index (χ2v) is 6.70. The van der Waals surface area contributed by atoms with Gasteiger partial charge in [0, 0.05) is 5.69 Å². The Kier molecular flexibility index (Phi) is 3.23. The van der Waals surface area contributed by atoms with Crippen LogP contribution in [0, 0.1) is 5.41 Å². The highest BCUT2D eigenvalue weighted by Gasteiger charge is 2.32. The Hall–Kier alpha value is -1.17. The van der Waals surface area contributed by atoms with E-state index in [9.17, 15) is 0 Å². The fourth-order valence-corrected chi connectivity index (χ4v) is 2.54. The van der Waals surface area contributed by atoms with Gasteiger partial charge in [-0.15, -0.1) is 0 Å². The average molecular weight is 296 g/mol. The molecule has 1 saturated heterocycles. The van der Waals surface area contributed by atoms with E-state index in [1.807, 2.05) is 13.0 Å². The van der Waals surface area contributed by atoms with Gasteiger partial charge in [0.2, 0.25) is 0 Å². The summed E-state index contributed by atoms with van der Waals surface area (Å²) in [4.78, 5) is 4.67. The van der Waals surface area contributed by atoms with Gasteiger partial charge in [-0.25, -0.2) is 9.50 Å². The molecule has 0 atom stereocenters. The fraction of sp³-hybridized carbons (Fsp3) is 0.571. The molecule has 6 heteroatoms. The maximum absolute atomic E-state index is 6.28. The zero-order chi connectivity index (χ0) is 14.5. The molecule has 108 valence electrons. The molecular formula is C14H18ClN3O2. The molecule has 0 spiro atoms. The number of fused-ring (bicyclic) bond motifs is 1. The van der Waals surface area contributed by atoms with Gasteiger partial charge in [-0.2, -0.15) is 5.10 Å². The number of hydrogen-bond donors (Lipinski definition) is 0. The molecule has 1 fully saturated rings. The lowest BCUT2D eigenvalue weighted by Gasteiger charge is -2.32. The first kappa shape index (κ1) is 13.8. The first-order valence-electron chi connectivity index (χ1n) is 6.67. The van der Waals surface area contributed by atoms with Crippen LogP contribution in [0.4, 0.5) is 0 Å². The van der Waals surface area contributed by atoms with Crippen molar-refractivity contribution >= 4 is 17.2 Å². The predicted octanol–water partition coefficient (Wildman–Crippen LogP) is 3.36. The molecule has 0 aromatic carbocycles. The summed E-state index contributed by atoms with van der Waals surface area (Å²) in [5.41, 5.74) is 2.62. The van der Waals surface area contributed by atoms with Gasteiger partial charge in [-0.1, -0.05) is 32.4 Å². The zero-order valence-electron chi connectivity index (χ0n) is 12.1. The monoisotopic (exact) mass is 295 g/mol. The van der Waals surface area contributed by atoms with Gasteiger partial charge in [0.25, 0.3) is 0 Å². The van der Waals surface area contributed by atoms with Crippen LogP contribution in [0.15, 0.2) is 12.3 Å². The van der Waals surface area contributed by atoms with Crippen molar-refractivity contribution in [3.8, 4) is 0 Å². The molecule has 0 saturated carbocycles. The summed E-state index contributed by atoms with van der Waals surface area (Å²) in [6.45, 7) is 8.37. The number of rotatable bonds is 2. The first-order valence-corrected chi connectivity index (χ1v) is 7.05. The molecule has 0 N–H and O–H groups in total. The van der Waals surface area contributed by atoms with Crippen molar-refractivity contribution in [1.82, 2.24) is 14.6 Å². The van der Waals surface area contributed by atoms with Crippen molar-refractivity contribution in [1.29, 1.82) is 0 Å². The van der Waals surface area contributed by atoms with Crippen LogP contribution in [0.3, 0.4) is 0 Å². The lowest BCUT2D eigenvalue weighted by molar-refractivity contribution is -0.382. The zero-order valence-corrected chi connectivity index (χ0v) is 12.8. The molecule has 0 aliphatic carbocycles. The molecule has 0 amide bonds. The van der Waals surface area contributed by atoms with Gasteiger partial charge in [-0.3, -0.25) is 0 Å². The second kappa shape index (κ2) is 4.69. The summed E-state index contributed by atoms with van der Waals surface area (Å²) < 4.78 is 12.6. The van der Waals surface area contributed by atoms with E-state index in [1.54, 1.807) is 10.7 Å². The van der Waals surface area contributed by atoms with Gasteiger partial charge >= 0.3 is 0 Å². The van der Waals surface area contributed by atoms with E-state index >= 15 is 0 Å². The topological polar surface area (TPSA) is 48.7 Å². The summed E-state index contributed by atoms with van der Waals surface area (Å²) in [7, 11) is 0. The van der Waals surface area contributed by atoms with Crippen LogP contribution in [-0.2, 0) is 15.9 Å². The highest BCUT2D eigenvalue weighted by molar-refractivity contribution is 6.29. The lowest BCUT2D eigenvalue weighted by Crippen LogP contribution is -2.31. The standard InChI is InChI=1S/C14H18ClN3O2/c1-8-19-13(20-8)10-7-16-18-11(15)5-9(17-12(10)18)6-14(2,3)4/h5,7-8,13H,6H2,1-4H3. The molecule has 2 aromatic rings. The Bertz CT molecular complexity index is 642. The molecule has 0 radical (unpaired) electrons. The highest BCUT2D eigenvalue weighted by atomic mass is 35.5. The van der Waals surface area contributed by atoms with Gasteiger partial charge in [-0.05, 0) is 24.8 Å². The summed E-state index contributed by atoms with van der Waals surface area (Å²) >= 11 is 6.28. The third-order valence-corrected chi connectivity index (χ3v) is 3.37. The molecule has 3 rings (SSSR count). The van der Waals surface area contributed by atoms with Crippen molar-refractivity contribution in [3.63, 3.8) is 0 Å². The SMILES string of the molecule is CC1OC(c2cnn3c(Cl)cc(CC(C)(C)C)nc23)O1. The average Bonchev–Trinajstić information content (AvgIpc) is 2.66. The maximum atomic E-state index is 6.28. The quantitative estimate of drug-likeness (QED) is 0.797. The van der Waals surface area contributed by atoms with Crippen LogP contribution in [0.1, 0.15) is 45.2 Å². The Morgan fingerprint density at radius 3 is 2.65 bits per heavy atom. The van der Waals surface area contributed by atoms with E-state index in [-0.39, 0.29) is 11.7 Å². The van der Waals surface area contributed by atoms with E-state index in [0.29, 0.717) is 10.8 Å². The van der Waals surface area contributed by atoms with Crippen molar-refractivity contribution in [2.24, 2.45) is 5.41 Å². The molecule has 0 bridgehead atoms. The van der Waals surface area contributed by atoms with Crippen LogP contribution in [-0.4, -0.2) is 20.9 Å². The normalized spacial score (nSPS) is 23.1. The third-order valence-electron chi connectivity index (χ3n) is 3.10. The van der Waals surface area contributed by atoms with E-state index < -0.39 is 6.29 Å². The largest absolute Gasteiger partial charge is 0.319 e. The first-order chi connectivity index (χ1) is 9.33. The smallest absolute Gasteiger partial charge is 0.195 e. The Morgan fingerprint density at radius 1 is 1.35 bits per heavy atom. The van der Waals surface area contributed by atoms with Crippen LogP contribution in [0.2, 0.25) is 5.15 Å². The fourth-order valence-electron chi connectivity index (χ4n) is 2.29. The molecular weight excluding hydrogens is 278 g/mol. The summed E-state index contributed by atoms with van der Waals surface area (Å²) in [6.07, 6.45) is 1.97. The lowest BCUT2D eigenvalue weighted by atomic mass is 9.90. The Morgan fingerprint density at radius 2 is 2.05 bits per heavy atom. The van der Waals surface area contributed by atoms with Crippen molar-refractivity contribution in [2.75, 3.05) is 0 Å². The van der Waals surface area contributed by atoms with Gasteiger partial charge in [0.15, 0.2) is 18.2 Å². The predicted molar refractivity (Wildman–Crippen MR) is 75.5 cm³/mol. The number of nitrogens with zero attached hydrogens (tertiary/aromatic N) is 3. The van der Waals surface area contributed by atoms with Crippen LogP contribution < -0.4 is 0 Å². The van der Waals surface area contributed by atoms with Gasteiger partial charge < -0.3 is 9.47 Å². The number of aromatic nitrogens is 3. The molecule has 3 heterocycles. The summed E-state index contributed by atoms with van der Waals surface area (Å²) in [5, 5.41) is 4.79. The second-order valence-electron chi connectivity index (χ2n) is 6.31.